The maximum absolute atomic E-state index is 13.1. The van der Waals surface area contributed by atoms with Crippen molar-refractivity contribution in [1.82, 2.24) is 0 Å². The summed E-state index contributed by atoms with van der Waals surface area (Å²) in [7, 11) is 0. The molecule has 1 heterocycles. The second-order valence-electron chi connectivity index (χ2n) is 4.36. The van der Waals surface area contributed by atoms with E-state index in [1.54, 1.807) is 24.3 Å². The van der Waals surface area contributed by atoms with Crippen molar-refractivity contribution in [2.75, 3.05) is 0 Å². The molecule has 19 heavy (non-hydrogen) atoms. The first-order chi connectivity index (χ1) is 9.13. The molecule has 96 valence electrons. The molecule has 1 atom stereocenters. The maximum Gasteiger partial charge on any atom is 0.134 e. The van der Waals surface area contributed by atoms with Crippen molar-refractivity contribution in [2.24, 2.45) is 5.73 Å². The largest absolute Gasteiger partial charge is 0.459 e. The fraction of sp³-hybridized carbons (Fsp3) is 0.0667. The quantitative estimate of drug-likeness (QED) is 0.758. The molecule has 0 aliphatic rings. The fourth-order valence-corrected chi connectivity index (χ4v) is 2.15. The molecule has 0 bridgehead atoms. The zero-order chi connectivity index (χ0) is 13.4. The van der Waals surface area contributed by atoms with Crippen LogP contribution < -0.4 is 5.73 Å². The van der Waals surface area contributed by atoms with Gasteiger partial charge in [0.15, 0.2) is 0 Å². The fourth-order valence-electron chi connectivity index (χ4n) is 2.02. The van der Waals surface area contributed by atoms with Crippen LogP contribution in [-0.2, 0) is 0 Å². The van der Waals surface area contributed by atoms with Crippen molar-refractivity contribution >= 4 is 22.6 Å². The van der Waals surface area contributed by atoms with Crippen molar-refractivity contribution in [2.45, 2.75) is 6.04 Å². The Bertz CT molecular complexity index is 721. The minimum Gasteiger partial charge on any atom is -0.459 e. The smallest absolute Gasteiger partial charge is 0.134 e. The molecule has 0 spiro atoms. The highest BCUT2D eigenvalue weighted by Gasteiger charge is 2.14. The van der Waals surface area contributed by atoms with Crippen LogP contribution in [-0.4, -0.2) is 0 Å². The van der Waals surface area contributed by atoms with E-state index in [0.717, 1.165) is 5.56 Å². The Morgan fingerprint density at radius 1 is 1.05 bits per heavy atom. The van der Waals surface area contributed by atoms with Crippen LogP contribution in [0.1, 0.15) is 17.4 Å². The van der Waals surface area contributed by atoms with Crippen LogP contribution in [0.25, 0.3) is 11.0 Å². The van der Waals surface area contributed by atoms with Gasteiger partial charge in [-0.1, -0.05) is 23.7 Å². The Hall–Kier alpha value is -1.84. The highest BCUT2D eigenvalue weighted by molar-refractivity contribution is 6.30. The predicted octanol–water partition coefficient (Wildman–Crippen LogP) is 4.27. The molecule has 1 aromatic heterocycles. The predicted molar refractivity (Wildman–Crippen MR) is 73.7 cm³/mol. The van der Waals surface area contributed by atoms with Crippen molar-refractivity contribution in [3.63, 3.8) is 0 Å². The maximum atomic E-state index is 13.1. The van der Waals surface area contributed by atoms with Gasteiger partial charge in [0, 0.05) is 10.4 Å². The molecule has 0 radical (unpaired) electrons. The summed E-state index contributed by atoms with van der Waals surface area (Å²) in [6, 6.07) is 13.0. The molecule has 0 aliphatic carbocycles. The molecular formula is C15H11ClFNO. The summed E-state index contributed by atoms with van der Waals surface area (Å²) >= 11 is 5.84. The summed E-state index contributed by atoms with van der Waals surface area (Å²) in [6.07, 6.45) is 0. The molecule has 0 amide bonds. The summed E-state index contributed by atoms with van der Waals surface area (Å²) < 4.78 is 18.8. The molecule has 0 saturated carbocycles. The molecule has 3 aromatic rings. The van der Waals surface area contributed by atoms with Crippen LogP contribution in [0.15, 0.2) is 52.9 Å². The number of benzene rings is 2. The van der Waals surface area contributed by atoms with Gasteiger partial charge in [0.1, 0.15) is 17.2 Å². The van der Waals surface area contributed by atoms with Gasteiger partial charge in [0.2, 0.25) is 0 Å². The van der Waals surface area contributed by atoms with Gasteiger partial charge in [-0.2, -0.15) is 0 Å². The summed E-state index contributed by atoms with van der Waals surface area (Å²) in [4.78, 5) is 0. The van der Waals surface area contributed by atoms with E-state index >= 15 is 0 Å². The monoisotopic (exact) mass is 275 g/mol. The number of halogens is 2. The second kappa shape index (κ2) is 4.68. The average Bonchev–Trinajstić information content (AvgIpc) is 2.81. The first-order valence-electron chi connectivity index (χ1n) is 5.83. The van der Waals surface area contributed by atoms with Crippen molar-refractivity contribution in [3.8, 4) is 0 Å². The van der Waals surface area contributed by atoms with Crippen LogP contribution in [0.5, 0.6) is 0 Å². The molecule has 0 fully saturated rings. The van der Waals surface area contributed by atoms with E-state index in [0.29, 0.717) is 21.8 Å². The van der Waals surface area contributed by atoms with Crippen molar-refractivity contribution in [3.05, 3.63) is 70.7 Å². The zero-order valence-electron chi connectivity index (χ0n) is 9.94. The van der Waals surface area contributed by atoms with Gasteiger partial charge in [-0.05, 0) is 42.0 Å². The van der Waals surface area contributed by atoms with Crippen LogP contribution >= 0.6 is 11.6 Å². The van der Waals surface area contributed by atoms with Gasteiger partial charge < -0.3 is 10.2 Å². The minimum atomic E-state index is -0.396. The number of nitrogens with two attached hydrogens (primary N) is 1. The summed E-state index contributed by atoms with van der Waals surface area (Å²) in [5.41, 5.74) is 7.66. The Labute approximate surface area is 114 Å². The van der Waals surface area contributed by atoms with Gasteiger partial charge in [-0.25, -0.2) is 4.39 Å². The van der Waals surface area contributed by atoms with E-state index in [9.17, 15) is 4.39 Å². The van der Waals surface area contributed by atoms with Crippen LogP contribution in [0.3, 0.4) is 0 Å². The van der Waals surface area contributed by atoms with Gasteiger partial charge in [0.05, 0.1) is 6.04 Å². The van der Waals surface area contributed by atoms with Crippen molar-refractivity contribution < 1.29 is 8.81 Å². The Balaban J connectivity index is 2.01. The van der Waals surface area contributed by atoms with Crippen molar-refractivity contribution in [1.29, 1.82) is 0 Å². The van der Waals surface area contributed by atoms with Crippen LogP contribution in [0.2, 0.25) is 5.02 Å². The molecule has 2 N–H and O–H groups in total. The third-order valence-corrected chi connectivity index (χ3v) is 3.29. The van der Waals surface area contributed by atoms with E-state index in [1.807, 2.05) is 12.1 Å². The number of rotatable bonds is 2. The molecule has 3 rings (SSSR count). The summed E-state index contributed by atoms with van der Waals surface area (Å²) in [5.74, 6) is 0.308. The molecule has 2 nitrogen and oxygen atoms in total. The number of furan rings is 1. The summed E-state index contributed by atoms with van der Waals surface area (Å²) in [5, 5.41) is 1.36. The Morgan fingerprint density at radius 2 is 1.79 bits per heavy atom. The lowest BCUT2D eigenvalue weighted by Gasteiger charge is -2.08. The number of fused-ring (bicyclic) bond motifs is 1. The second-order valence-corrected chi connectivity index (χ2v) is 4.80. The standard InChI is InChI=1S/C15H11ClFNO/c16-11-3-1-9(2-4-11)15(18)14-8-10-7-12(17)5-6-13(10)19-14/h1-8,15H,18H2. The third-order valence-electron chi connectivity index (χ3n) is 3.03. The van der Waals surface area contributed by atoms with Gasteiger partial charge in [-0.15, -0.1) is 0 Å². The van der Waals surface area contributed by atoms with Gasteiger partial charge in [-0.3, -0.25) is 0 Å². The van der Waals surface area contributed by atoms with E-state index in [2.05, 4.69) is 0 Å². The third kappa shape index (κ3) is 2.35. The Kier molecular flexibility index (Phi) is 3.01. The lowest BCUT2D eigenvalue weighted by atomic mass is 10.1. The first-order valence-corrected chi connectivity index (χ1v) is 6.21. The van der Waals surface area contributed by atoms with E-state index in [4.69, 9.17) is 21.8 Å². The first kappa shape index (κ1) is 12.2. The SMILES string of the molecule is NC(c1ccc(Cl)cc1)c1cc2cc(F)ccc2o1. The molecule has 0 aliphatic heterocycles. The average molecular weight is 276 g/mol. The normalized spacial score (nSPS) is 12.8. The molecular weight excluding hydrogens is 265 g/mol. The van der Waals surface area contributed by atoms with Crippen LogP contribution in [0, 0.1) is 5.82 Å². The van der Waals surface area contributed by atoms with E-state index in [-0.39, 0.29) is 5.82 Å². The lowest BCUT2D eigenvalue weighted by molar-refractivity contribution is 0.524. The molecule has 2 aromatic carbocycles. The Morgan fingerprint density at radius 3 is 2.53 bits per heavy atom. The molecule has 4 heteroatoms. The van der Waals surface area contributed by atoms with E-state index in [1.165, 1.54) is 12.1 Å². The van der Waals surface area contributed by atoms with Crippen LogP contribution in [0.4, 0.5) is 4.39 Å². The number of hydrogen-bond donors (Lipinski definition) is 1. The minimum absolute atomic E-state index is 0.292. The van der Waals surface area contributed by atoms with E-state index < -0.39 is 6.04 Å². The molecule has 1 unspecified atom stereocenters. The lowest BCUT2D eigenvalue weighted by Crippen LogP contribution is -2.10. The highest BCUT2D eigenvalue weighted by atomic mass is 35.5. The topological polar surface area (TPSA) is 39.2 Å². The molecule has 0 saturated heterocycles. The van der Waals surface area contributed by atoms with Gasteiger partial charge in [0.25, 0.3) is 0 Å². The van der Waals surface area contributed by atoms with Gasteiger partial charge >= 0.3 is 0 Å². The zero-order valence-corrected chi connectivity index (χ0v) is 10.7. The number of hydrogen-bond acceptors (Lipinski definition) is 2. The summed E-state index contributed by atoms with van der Waals surface area (Å²) in [6.45, 7) is 0. The highest BCUT2D eigenvalue weighted by Crippen LogP contribution is 2.27.